The molecule has 1 aromatic heterocycles. The summed E-state index contributed by atoms with van der Waals surface area (Å²) in [7, 11) is 0. The number of aromatic nitrogens is 3. The molecule has 0 N–H and O–H groups in total. The summed E-state index contributed by atoms with van der Waals surface area (Å²) in [6.45, 7) is 18.4. The van der Waals surface area contributed by atoms with Gasteiger partial charge in [0.2, 0.25) is 0 Å². The molecule has 0 fully saturated rings. The molecule has 0 amide bonds. The highest BCUT2D eigenvalue weighted by atomic mass is 15.4. The maximum Gasteiger partial charge on any atom is 0.285 e. The van der Waals surface area contributed by atoms with E-state index in [0.717, 1.165) is 5.69 Å². The van der Waals surface area contributed by atoms with Crippen molar-refractivity contribution in [2.75, 3.05) is 0 Å². The zero-order valence-electron chi connectivity index (χ0n) is 13.2. The Balaban J connectivity index is 2.98. The molecule has 1 heterocycles. The zero-order chi connectivity index (χ0) is 14.1. The second-order valence-corrected chi connectivity index (χ2v) is 6.82. The molecule has 0 saturated heterocycles. The van der Waals surface area contributed by atoms with Gasteiger partial charge in [-0.05, 0) is 17.7 Å². The van der Waals surface area contributed by atoms with Gasteiger partial charge in [0, 0.05) is 11.6 Å². The summed E-state index contributed by atoms with van der Waals surface area (Å²) in [5.74, 6) is 1.80. The Labute approximate surface area is 112 Å². The van der Waals surface area contributed by atoms with Crippen LogP contribution >= 0.6 is 0 Å². The molecule has 0 aromatic carbocycles. The van der Waals surface area contributed by atoms with Crippen LogP contribution in [0.5, 0.6) is 0 Å². The van der Waals surface area contributed by atoms with Gasteiger partial charge in [0.05, 0.1) is 5.69 Å². The molecule has 102 valence electrons. The molecular formula is C14H28BN3. The van der Waals surface area contributed by atoms with Crippen LogP contribution in [0.25, 0.3) is 0 Å². The lowest BCUT2D eigenvalue weighted by molar-refractivity contribution is 0.258. The molecule has 4 heteroatoms. The number of hydrogen-bond acceptors (Lipinski definition) is 2. The highest BCUT2D eigenvalue weighted by Gasteiger charge is 2.33. The summed E-state index contributed by atoms with van der Waals surface area (Å²) in [5, 5.41) is 8.72. The first-order chi connectivity index (χ1) is 8.17. The molecular weight excluding hydrogens is 221 g/mol. The lowest BCUT2D eigenvalue weighted by atomic mass is 9.55. The highest BCUT2D eigenvalue weighted by molar-refractivity contribution is 6.56. The Morgan fingerprint density at radius 2 is 1.72 bits per heavy atom. The van der Waals surface area contributed by atoms with Gasteiger partial charge in [0.1, 0.15) is 0 Å². The lowest BCUT2D eigenvalue weighted by Gasteiger charge is -2.32. The lowest BCUT2D eigenvalue weighted by Crippen LogP contribution is -2.31. The van der Waals surface area contributed by atoms with Crippen LogP contribution < -0.4 is 0 Å². The average molecular weight is 249 g/mol. The van der Waals surface area contributed by atoms with Crippen LogP contribution in [0.15, 0.2) is 6.20 Å². The molecule has 1 aromatic rings. The van der Waals surface area contributed by atoms with Crippen molar-refractivity contribution in [2.45, 2.75) is 66.5 Å². The average Bonchev–Trinajstić information content (AvgIpc) is 2.76. The second-order valence-electron chi connectivity index (χ2n) is 6.82. The highest BCUT2D eigenvalue weighted by Crippen LogP contribution is 2.34. The Morgan fingerprint density at radius 3 is 2.17 bits per heavy atom. The third kappa shape index (κ3) is 2.96. The minimum atomic E-state index is 0.0725. The monoisotopic (exact) mass is 249 g/mol. The fraction of sp³-hybridized carbons (Fsp3) is 0.857. The topological polar surface area (TPSA) is 30.7 Å². The Bertz CT molecular complexity index is 382. The van der Waals surface area contributed by atoms with Gasteiger partial charge in [-0.1, -0.05) is 60.5 Å². The first-order valence-corrected chi connectivity index (χ1v) is 7.10. The fourth-order valence-electron chi connectivity index (χ4n) is 2.14. The maximum atomic E-state index is 4.41. The van der Waals surface area contributed by atoms with Crippen LogP contribution in [-0.4, -0.2) is 21.8 Å². The molecule has 0 aliphatic rings. The number of nitrogens with zero attached hydrogens (tertiary/aromatic N) is 3. The summed E-state index contributed by atoms with van der Waals surface area (Å²) in [6, 6.07) is 0. The van der Waals surface area contributed by atoms with Crippen LogP contribution in [0.2, 0.25) is 12.6 Å². The van der Waals surface area contributed by atoms with Crippen LogP contribution in [0, 0.1) is 11.8 Å². The third-order valence-corrected chi connectivity index (χ3v) is 4.69. The molecule has 0 spiro atoms. The molecule has 18 heavy (non-hydrogen) atoms. The first-order valence-electron chi connectivity index (χ1n) is 7.10. The maximum absolute atomic E-state index is 4.41. The van der Waals surface area contributed by atoms with Crippen molar-refractivity contribution in [1.82, 2.24) is 14.9 Å². The van der Waals surface area contributed by atoms with Crippen LogP contribution in [0.3, 0.4) is 0 Å². The van der Waals surface area contributed by atoms with E-state index in [-0.39, 0.29) is 5.41 Å². The largest absolute Gasteiger partial charge is 0.298 e. The van der Waals surface area contributed by atoms with Gasteiger partial charge in [-0.2, -0.15) is 0 Å². The zero-order valence-corrected chi connectivity index (χ0v) is 13.2. The Kier molecular flexibility index (Phi) is 4.63. The van der Waals surface area contributed by atoms with E-state index < -0.39 is 0 Å². The van der Waals surface area contributed by atoms with Crippen molar-refractivity contribution in [3.05, 3.63) is 11.9 Å². The molecule has 0 radical (unpaired) electrons. The first kappa shape index (κ1) is 15.3. The number of hydrogen-bond donors (Lipinski definition) is 0. The van der Waals surface area contributed by atoms with Gasteiger partial charge < -0.3 is 0 Å². The van der Waals surface area contributed by atoms with Crippen LogP contribution in [0.4, 0.5) is 0 Å². The Hall–Kier alpha value is -0.795. The molecule has 3 nitrogen and oxygen atoms in total. The fourth-order valence-corrected chi connectivity index (χ4v) is 2.14. The van der Waals surface area contributed by atoms with Gasteiger partial charge in [0.25, 0.3) is 6.85 Å². The van der Waals surface area contributed by atoms with E-state index in [9.17, 15) is 0 Å². The summed E-state index contributed by atoms with van der Waals surface area (Å²) in [6.07, 6.45) is 2.13. The third-order valence-electron chi connectivity index (χ3n) is 4.69. The van der Waals surface area contributed by atoms with Gasteiger partial charge in [-0.3, -0.25) is 4.59 Å². The van der Waals surface area contributed by atoms with Gasteiger partial charge in [-0.15, -0.1) is 5.10 Å². The molecule has 1 unspecified atom stereocenters. The van der Waals surface area contributed by atoms with Crippen molar-refractivity contribution in [2.24, 2.45) is 11.8 Å². The number of rotatable bonds is 5. The van der Waals surface area contributed by atoms with E-state index in [0.29, 0.717) is 24.5 Å². The molecule has 1 atom stereocenters. The van der Waals surface area contributed by atoms with E-state index in [2.05, 4.69) is 71.8 Å². The predicted molar refractivity (Wildman–Crippen MR) is 79.2 cm³/mol. The van der Waals surface area contributed by atoms with Crippen molar-refractivity contribution in [3.8, 4) is 0 Å². The van der Waals surface area contributed by atoms with Gasteiger partial charge in [0.15, 0.2) is 0 Å². The van der Waals surface area contributed by atoms with E-state index in [1.165, 1.54) is 0 Å². The minimum absolute atomic E-state index is 0.0725. The summed E-state index contributed by atoms with van der Waals surface area (Å²) in [5.41, 5.74) is 1.18. The van der Waals surface area contributed by atoms with E-state index in [1.807, 2.05) is 4.59 Å². The van der Waals surface area contributed by atoms with Gasteiger partial charge in [-0.25, -0.2) is 0 Å². The van der Waals surface area contributed by atoms with Crippen LogP contribution in [0.1, 0.15) is 54.2 Å². The summed E-state index contributed by atoms with van der Waals surface area (Å²) in [4.78, 5) is 0. The minimum Gasteiger partial charge on any atom is -0.298 e. The smallest absolute Gasteiger partial charge is 0.285 e. The van der Waals surface area contributed by atoms with Crippen molar-refractivity contribution >= 4 is 6.85 Å². The van der Waals surface area contributed by atoms with Crippen molar-refractivity contribution in [3.63, 3.8) is 0 Å². The molecule has 0 aliphatic carbocycles. The molecule has 1 rings (SSSR count). The SMILES string of the molecule is CB(C(C)C)n1cc(C(C)(C)C(C)C(C)C)nn1. The molecule has 0 aliphatic heterocycles. The quantitative estimate of drug-likeness (QED) is 0.744. The second kappa shape index (κ2) is 5.46. The standard InChI is InChI=1S/C14H28BN3/c1-10(2)12(5)14(6,7)13-9-18(17-16-13)15(8)11(3)4/h9-12H,1-8H3. The molecule has 0 bridgehead atoms. The van der Waals surface area contributed by atoms with E-state index >= 15 is 0 Å². The van der Waals surface area contributed by atoms with E-state index in [1.54, 1.807) is 0 Å². The predicted octanol–water partition coefficient (Wildman–Crippen LogP) is 3.73. The Morgan fingerprint density at radius 1 is 1.17 bits per heavy atom. The molecule has 0 saturated carbocycles. The van der Waals surface area contributed by atoms with Crippen molar-refractivity contribution < 1.29 is 0 Å². The van der Waals surface area contributed by atoms with Crippen LogP contribution in [-0.2, 0) is 5.41 Å². The normalized spacial score (nSPS) is 14.3. The summed E-state index contributed by atoms with van der Waals surface area (Å²) < 4.78 is 2.01. The van der Waals surface area contributed by atoms with E-state index in [4.69, 9.17) is 0 Å². The van der Waals surface area contributed by atoms with Crippen molar-refractivity contribution in [1.29, 1.82) is 0 Å². The van der Waals surface area contributed by atoms with Gasteiger partial charge >= 0.3 is 0 Å². The summed E-state index contributed by atoms with van der Waals surface area (Å²) >= 11 is 0.